The fourth-order valence-electron chi connectivity index (χ4n) is 2.09. The summed E-state index contributed by atoms with van der Waals surface area (Å²) in [6.07, 6.45) is -0.0172. The summed E-state index contributed by atoms with van der Waals surface area (Å²) < 4.78 is 5.12. The van der Waals surface area contributed by atoms with Crippen molar-refractivity contribution in [1.29, 1.82) is 0 Å². The Hall–Kier alpha value is -1.11. The van der Waals surface area contributed by atoms with Gasteiger partial charge in [0.2, 0.25) is 5.91 Å². The van der Waals surface area contributed by atoms with Gasteiger partial charge in [-0.1, -0.05) is 15.9 Å². The molecule has 1 N–H and O–H groups in total. The van der Waals surface area contributed by atoms with Crippen LogP contribution in [0.1, 0.15) is 33.6 Å². The van der Waals surface area contributed by atoms with Gasteiger partial charge in [0, 0.05) is 18.3 Å². The molecule has 1 fully saturated rings. The minimum absolute atomic E-state index is 0.0861. The average Bonchev–Trinajstić information content (AvgIpc) is 2.64. The number of esters is 1. The van der Waals surface area contributed by atoms with E-state index in [9.17, 15) is 19.5 Å². The smallest absolute Gasteiger partial charge is 0.327 e. The number of aliphatic carboxylic acids is 1. The highest BCUT2D eigenvalue weighted by atomic mass is 79.9. The maximum absolute atomic E-state index is 11.8. The first-order valence-electron chi connectivity index (χ1n) is 6.44. The Bertz CT molecular complexity index is 404. The quantitative estimate of drug-likeness (QED) is 0.599. The van der Waals surface area contributed by atoms with Crippen LogP contribution in [0, 0.1) is 5.92 Å². The van der Waals surface area contributed by atoms with Gasteiger partial charge in [-0.05, 0) is 26.7 Å². The number of hydrogen-bond acceptors (Lipinski definition) is 4. The predicted octanol–water partition coefficient (Wildman–Crippen LogP) is 1.41. The van der Waals surface area contributed by atoms with Crippen LogP contribution in [0.4, 0.5) is 0 Å². The molecule has 1 rings (SSSR count). The molecule has 0 saturated carbocycles. The van der Waals surface area contributed by atoms with Gasteiger partial charge in [0.25, 0.3) is 0 Å². The van der Waals surface area contributed by atoms with E-state index in [1.165, 1.54) is 4.90 Å². The number of rotatable bonds is 5. The van der Waals surface area contributed by atoms with E-state index in [1.807, 2.05) is 0 Å². The van der Waals surface area contributed by atoms with E-state index in [0.717, 1.165) is 0 Å². The molecule has 0 aromatic carbocycles. The third-order valence-corrected chi connectivity index (χ3v) is 3.81. The van der Waals surface area contributed by atoms with Crippen LogP contribution >= 0.6 is 15.9 Å². The third kappa shape index (κ3) is 4.77. The van der Waals surface area contributed by atoms with E-state index in [-0.39, 0.29) is 18.2 Å². The van der Waals surface area contributed by atoms with Crippen molar-refractivity contribution in [2.75, 3.05) is 11.9 Å². The number of nitrogens with zero attached hydrogens (tertiary/aromatic N) is 1. The van der Waals surface area contributed by atoms with Crippen molar-refractivity contribution < 1.29 is 24.2 Å². The second kappa shape index (κ2) is 6.56. The molecular weight excluding hydrogens is 330 g/mol. The lowest BCUT2D eigenvalue weighted by atomic mass is 10.1. The number of likely N-dealkylation sites (tertiary alicyclic amines) is 1. The van der Waals surface area contributed by atoms with E-state index in [1.54, 1.807) is 20.8 Å². The minimum Gasteiger partial charge on any atom is -0.480 e. The highest BCUT2D eigenvalue weighted by Crippen LogP contribution is 2.24. The number of carbonyl (C=O) groups excluding carboxylic acids is 2. The van der Waals surface area contributed by atoms with E-state index in [2.05, 4.69) is 15.9 Å². The van der Waals surface area contributed by atoms with Crippen LogP contribution in [0.3, 0.4) is 0 Å². The van der Waals surface area contributed by atoms with Gasteiger partial charge in [-0.25, -0.2) is 4.79 Å². The lowest BCUT2D eigenvalue weighted by molar-refractivity contribution is -0.161. The molecule has 114 valence electrons. The van der Waals surface area contributed by atoms with Gasteiger partial charge in [0.15, 0.2) is 0 Å². The highest BCUT2D eigenvalue weighted by Gasteiger charge is 2.39. The van der Waals surface area contributed by atoms with Crippen molar-refractivity contribution in [1.82, 2.24) is 4.90 Å². The Morgan fingerprint density at radius 1 is 1.50 bits per heavy atom. The molecule has 6 nitrogen and oxygen atoms in total. The highest BCUT2D eigenvalue weighted by molar-refractivity contribution is 9.09. The molecule has 2 atom stereocenters. The molecule has 1 aliphatic heterocycles. The van der Waals surface area contributed by atoms with E-state index >= 15 is 0 Å². The summed E-state index contributed by atoms with van der Waals surface area (Å²) in [7, 11) is 0. The molecule has 0 bridgehead atoms. The van der Waals surface area contributed by atoms with Crippen molar-refractivity contribution in [2.24, 2.45) is 5.92 Å². The maximum atomic E-state index is 11.8. The Labute approximate surface area is 126 Å². The molecular formula is C13H20BrNO5. The molecule has 1 amide bonds. The third-order valence-electron chi connectivity index (χ3n) is 2.90. The summed E-state index contributed by atoms with van der Waals surface area (Å²) in [6.45, 7) is 5.48. The molecule has 0 radical (unpaired) electrons. The van der Waals surface area contributed by atoms with Gasteiger partial charge in [-0.2, -0.15) is 0 Å². The Balaban J connectivity index is 2.73. The molecule has 1 unspecified atom stereocenters. The fraction of sp³-hybridized carbons (Fsp3) is 0.769. The fourth-order valence-corrected chi connectivity index (χ4v) is 2.52. The lowest BCUT2D eigenvalue weighted by Crippen LogP contribution is -2.44. The minimum atomic E-state index is -1.18. The molecule has 1 saturated heterocycles. The van der Waals surface area contributed by atoms with Crippen molar-refractivity contribution in [3.8, 4) is 0 Å². The largest absolute Gasteiger partial charge is 0.480 e. The molecule has 1 heterocycles. The first kappa shape index (κ1) is 16.9. The topological polar surface area (TPSA) is 83.9 Å². The van der Waals surface area contributed by atoms with Gasteiger partial charge >= 0.3 is 11.9 Å². The average molecular weight is 350 g/mol. The number of carboxylic acids is 1. The van der Waals surface area contributed by atoms with Gasteiger partial charge in [-0.15, -0.1) is 0 Å². The number of ether oxygens (including phenoxy) is 1. The molecule has 0 spiro atoms. The first-order chi connectivity index (χ1) is 9.14. The van der Waals surface area contributed by atoms with Gasteiger partial charge in [0.05, 0.1) is 6.42 Å². The summed E-state index contributed by atoms with van der Waals surface area (Å²) >= 11 is 3.29. The lowest BCUT2D eigenvalue weighted by Gasteiger charge is -2.26. The maximum Gasteiger partial charge on any atom is 0.327 e. The van der Waals surface area contributed by atoms with Crippen LogP contribution in [0.2, 0.25) is 0 Å². The molecule has 0 aliphatic carbocycles. The number of alkyl halides is 1. The van der Waals surface area contributed by atoms with Crippen LogP contribution in [0.25, 0.3) is 0 Å². The van der Waals surface area contributed by atoms with Crippen LogP contribution in [0.5, 0.6) is 0 Å². The number of amides is 1. The molecule has 7 heteroatoms. The molecule has 20 heavy (non-hydrogen) atoms. The predicted molar refractivity (Wildman–Crippen MR) is 75.5 cm³/mol. The van der Waals surface area contributed by atoms with Crippen LogP contribution < -0.4 is 0 Å². The van der Waals surface area contributed by atoms with Crippen molar-refractivity contribution in [3.63, 3.8) is 0 Å². The summed E-state index contributed by atoms with van der Waals surface area (Å²) in [5.74, 6) is -1.94. The first-order valence-corrected chi connectivity index (χ1v) is 7.56. The Morgan fingerprint density at radius 2 is 2.10 bits per heavy atom. The molecule has 0 aromatic rings. The zero-order chi connectivity index (χ0) is 15.5. The second-order valence-electron chi connectivity index (χ2n) is 5.92. The number of hydrogen-bond donors (Lipinski definition) is 1. The van der Waals surface area contributed by atoms with Crippen LogP contribution in [0.15, 0.2) is 0 Å². The van der Waals surface area contributed by atoms with Gasteiger partial charge < -0.3 is 14.7 Å². The monoisotopic (exact) mass is 349 g/mol. The number of halogens is 1. The van der Waals surface area contributed by atoms with Crippen molar-refractivity contribution in [2.45, 2.75) is 45.3 Å². The molecule has 1 aliphatic rings. The summed E-state index contributed by atoms with van der Waals surface area (Å²) in [6, 6.07) is -1.15. The Morgan fingerprint density at radius 3 is 2.50 bits per heavy atom. The van der Waals surface area contributed by atoms with E-state index in [4.69, 9.17) is 4.74 Å². The van der Waals surface area contributed by atoms with Crippen LogP contribution in [-0.4, -0.2) is 51.4 Å². The SMILES string of the molecule is CC(C)(C)OC(=O)C[C@@H](C(=O)O)N1CC(CBr)CC1=O. The van der Waals surface area contributed by atoms with Crippen molar-refractivity contribution in [3.05, 3.63) is 0 Å². The van der Waals surface area contributed by atoms with Gasteiger partial charge in [-0.3, -0.25) is 9.59 Å². The van der Waals surface area contributed by atoms with Crippen LogP contribution in [-0.2, 0) is 19.1 Å². The number of carboxylic acid groups (broad SMARTS) is 1. The summed E-state index contributed by atoms with van der Waals surface area (Å²) in [4.78, 5) is 36.2. The Kier molecular flexibility index (Phi) is 5.56. The standard InChI is InChI=1S/C13H20BrNO5/c1-13(2,3)20-11(17)5-9(12(18)19)15-7-8(6-14)4-10(15)16/h8-9H,4-7H2,1-3H3,(H,18,19)/t8?,9-/m0/s1. The normalized spacial score (nSPS) is 20.9. The summed E-state index contributed by atoms with van der Waals surface area (Å²) in [5.41, 5.74) is -0.673. The van der Waals surface area contributed by atoms with E-state index < -0.39 is 23.6 Å². The zero-order valence-corrected chi connectivity index (χ0v) is 13.5. The van der Waals surface area contributed by atoms with Gasteiger partial charge in [0.1, 0.15) is 11.6 Å². The van der Waals surface area contributed by atoms with Crippen molar-refractivity contribution >= 4 is 33.8 Å². The number of carbonyl (C=O) groups is 3. The summed E-state index contributed by atoms with van der Waals surface area (Å²) in [5, 5.41) is 9.88. The van der Waals surface area contributed by atoms with E-state index in [0.29, 0.717) is 18.3 Å². The molecule has 0 aromatic heterocycles. The zero-order valence-electron chi connectivity index (χ0n) is 11.9. The second-order valence-corrected chi connectivity index (χ2v) is 6.56.